The Balaban J connectivity index is 1.44. The van der Waals surface area contributed by atoms with E-state index in [0.717, 1.165) is 42.3 Å². The Morgan fingerprint density at radius 2 is 1.86 bits per heavy atom. The third-order valence-corrected chi connectivity index (χ3v) is 9.04. The van der Waals surface area contributed by atoms with Crippen molar-refractivity contribution in [3.8, 4) is 11.3 Å². The number of rotatable bonds is 6. The van der Waals surface area contributed by atoms with E-state index in [2.05, 4.69) is 63.4 Å². The first-order valence-corrected chi connectivity index (χ1v) is 15.4. The van der Waals surface area contributed by atoms with Crippen molar-refractivity contribution in [2.24, 2.45) is 11.8 Å². The van der Waals surface area contributed by atoms with Crippen LogP contribution in [0, 0.1) is 11.8 Å². The number of benzene rings is 1. The summed E-state index contributed by atoms with van der Waals surface area (Å²) >= 11 is 6.43. The van der Waals surface area contributed by atoms with Crippen molar-refractivity contribution in [3.05, 3.63) is 65.2 Å². The van der Waals surface area contributed by atoms with Crippen LogP contribution in [0.15, 0.2) is 48.8 Å². The summed E-state index contributed by atoms with van der Waals surface area (Å²) in [5.74, 6) is 2.41. The van der Waals surface area contributed by atoms with Crippen molar-refractivity contribution in [1.82, 2.24) is 35.3 Å². The summed E-state index contributed by atoms with van der Waals surface area (Å²) < 4.78 is 8.49. The molecule has 0 bridgehead atoms. The molecule has 2 aliphatic heterocycles. The minimum atomic E-state index is -0.725. The third-order valence-electron chi connectivity index (χ3n) is 8.84. The highest BCUT2D eigenvalue weighted by Gasteiger charge is 2.36. The van der Waals surface area contributed by atoms with E-state index in [1.807, 2.05) is 12.1 Å². The topological polar surface area (TPSA) is 119 Å². The minimum Gasteiger partial charge on any atom is -0.374 e. The summed E-state index contributed by atoms with van der Waals surface area (Å²) in [7, 11) is 0. The molecule has 5 heterocycles. The van der Waals surface area contributed by atoms with Crippen molar-refractivity contribution in [2.45, 2.75) is 64.4 Å². The molecule has 1 saturated carbocycles. The Kier molecular flexibility index (Phi) is 7.62. The molecule has 1 aromatic carbocycles. The number of nitrogens with zero attached hydrogens (tertiary/aromatic N) is 6. The van der Waals surface area contributed by atoms with Crippen LogP contribution in [-0.4, -0.2) is 49.9 Å². The summed E-state index contributed by atoms with van der Waals surface area (Å²) in [6.07, 6.45) is 6.73. The van der Waals surface area contributed by atoms with Crippen molar-refractivity contribution >= 4 is 34.8 Å². The van der Waals surface area contributed by atoms with Gasteiger partial charge in [-0.3, -0.25) is 10.3 Å². The van der Waals surface area contributed by atoms with Gasteiger partial charge in [-0.25, -0.2) is 14.8 Å². The van der Waals surface area contributed by atoms with Gasteiger partial charge in [0.25, 0.3) is 0 Å². The van der Waals surface area contributed by atoms with Crippen molar-refractivity contribution < 1.29 is 14.4 Å². The van der Waals surface area contributed by atoms with Crippen LogP contribution in [0.5, 0.6) is 0 Å². The predicted octanol–water partition coefficient (Wildman–Crippen LogP) is 5.58. The minimum absolute atomic E-state index is 0.0372. The third kappa shape index (κ3) is 5.52. The highest BCUT2D eigenvalue weighted by Crippen LogP contribution is 2.39. The van der Waals surface area contributed by atoms with Gasteiger partial charge in [0.2, 0.25) is 5.95 Å². The van der Waals surface area contributed by atoms with Crippen LogP contribution in [0.1, 0.15) is 63.1 Å². The fourth-order valence-electron chi connectivity index (χ4n) is 6.63. The van der Waals surface area contributed by atoms with Gasteiger partial charge in [-0.05, 0) is 43.2 Å². The number of halogens is 1. The van der Waals surface area contributed by atoms with E-state index in [1.165, 1.54) is 18.4 Å². The number of amides is 1. The molecule has 0 radical (unpaired) electrons. The lowest BCUT2D eigenvalue weighted by atomic mass is 9.83. The number of carbonyl (C=O) groups is 1. The second-order valence-electron chi connectivity index (χ2n) is 11.9. The van der Waals surface area contributed by atoms with Crippen molar-refractivity contribution in [1.29, 1.82) is 0 Å². The number of hydrogen-bond donors (Lipinski definition) is 2. The molecule has 0 spiro atoms. The van der Waals surface area contributed by atoms with Gasteiger partial charge in [0, 0.05) is 31.0 Å². The van der Waals surface area contributed by atoms with E-state index in [-0.39, 0.29) is 12.1 Å². The molecule has 1 unspecified atom stereocenters. The zero-order valence-electron chi connectivity index (χ0n) is 24.2. The lowest BCUT2D eigenvalue weighted by molar-refractivity contribution is 0.0221. The van der Waals surface area contributed by atoms with Crippen molar-refractivity contribution in [3.63, 3.8) is 0 Å². The van der Waals surface area contributed by atoms with Crippen LogP contribution in [0.25, 0.3) is 22.4 Å². The van der Waals surface area contributed by atoms with Gasteiger partial charge in [0.15, 0.2) is 17.6 Å². The van der Waals surface area contributed by atoms with Gasteiger partial charge in [-0.2, -0.15) is 4.98 Å². The number of ether oxygens (including phenoxy) is 1. The zero-order chi connectivity index (χ0) is 29.5. The molecule has 224 valence electrons. The molecule has 3 aromatic heterocycles. The fourth-order valence-corrected chi connectivity index (χ4v) is 6.80. The normalized spacial score (nSPS) is 26.0. The quantitative estimate of drug-likeness (QED) is 0.291. The van der Waals surface area contributed by atoms with Crippen LogP contribution >= 0.6 is 11.6 Å². The lowest BCUT2D eigenvalue weighted by Gasteiger charge is -2.41. The Morgan fingerprint density at radius 1 is 1.05 bits per heavy atom. The summed E-state index contributed by atoms with van der Waals surface area (Å²) in [5, 5.41) is 3.21. The number of carbonyl (C=O) groups excluding carboxylic acids is 1. The SMILES string of the molecule is CC1CCC(Cn2c(N3CCO[C@H](C)[C@H]3c3ccccc3)nc3nc(C4NOC(=O)N4)nc(-c4cncc(Cl)c4)c32)CC1. The number of morpholine rings is 1. The van der Waals surface area contributed by atoms with Crippen LogP contribution in [0.2, 0.25) is 5.02 Å². The van der Waals surface area contributed by atoms with Gasteiger partial charge >= 0.3 is 6.09 Å². The Labute approximate surface area is 254 Å². The molecule has 1 aliphatic carbocycles. The van der Waals surface area contributed by atoms with Crippen LogP contribution in [0.4, 0.5) is 10.7 Å². The molecule has 3 fully saturated rings. The molecule has 11 nitrogen and oxygen atoms in total. The number of pyridine rings is 1. The molecule has 4 aromatic rings. The van der Waals surface area contributed by atoms with Gasteiger partial charge in [0.1, 0.15) is 11.2 Å². The van der Waals surface area contributed by atoms with E-state index in [0.29, 0.717) is 41.3 Å². The maximum Gasteiger partial charge on any atom is 0.427 e. The summed E-state index contributed by atoms with van der Waals surface area (Å²) in [4.78, 5) is 38.6. The highest BCUT2D eigenvalue weighted by atomic mass is 35.5. The van der Waals surface area contributed by atoms with E-state index < -0.39 is 12.3 Å². The second-order valence-corrected chi connectivity index (χ2v) is 12.3. The average Bonchev–Trinajstić information content (AvgIpc) is 3.61. The standard InChI is InChI=1S/C31H35ClN8O3/c1-18-8-10-20(11-9-18)17-40-26-24(22-14-23(32)16-33-15-22)34-28(29-37-31(41)43-38-29)35-27(26)36-30(40)39-12-13-42-19(2)25(39)21-6-4-3-5-7-21/h3-7,14-16,18-20,25,29,38H,8-13,17H2,1-2H3,(H,37,41)/t18?,19-,20?,25+,29?/m1/s1. The monoisotopic (exact) mass is 602 g/mol. The molecular weight excluding hydrogens is 568 g/mol. The van der Waals surface area contributed by atoms with Crippen molar-refractivity contribution in [2.75, 3.05) is 18.1 Å². The smallest absolute Gasteiger partial charge is 0.374 e. The van der Waals surface area contributed by atoms with E-state index >= 15 is 0 Å². The molecule has 12 heteroatoms. The molecule has 3 atom stereocenters. The van der Waals surface area contributed by atoms with E-state index in [1.54, 1.807) is 12.4 Å². The van der Waals surface area contributed by atoms with Gasteiger partial charge in [-0.1, -0.05) is 61.7 Å². The van der Waals surface area contributed by atoms with Gasteiger partial charge < -0.3 is 19.0 Å². The number of hydroxylamine groups is 1. The van der Waals surface area contributed by atoms with Crippen LogP contribution < -0.4 is 15.7 Å². The number of nitrogens with one attached hydrogen (secondary N) is 2. The first-order valence-electron chi connectivity index (χ1n) is 15.0. The molecule has 2 N–H and O–H groups in total. The highest BCUT2D eigenvalue weighted by molar-refractivity contribution is 6.30. The van der Waals surface area contributed by atoms with Gasteiger partial charge in [0.05, 0.1) is 23.8 Å². The first-order chi connectivity index (χ1) is 20.9. The van der Waals surface area contributed by atoms with Crippen LogP contribution in [0.3, 0.4) is 0 Å². The summed E-state index contributed by atoms with van der Waals surface area (Å²) in [5.41, 5.74) is 6.59. The average molecular weight is 603 g/mol. The molecule has 3 aliphatic rings. The number of aromatic nitrogens is 5. The molecule has 1 amide bonds. The van der Waals surface area contributed by atoms with E-state index in [4.69, 9.17) is 36.1 Å². The van der Waals surface area contributed by atoms with Gasteiger partial charge in [-0.15, -0.1) is 5.48 Å². The number of imidazole rings is 1. The second kappa shape index (κ2) is 11.7. The maximum atomic E-state index is 11.9. The molecule has 43 heavy (non-hydrogen) atoms. The number of hydrogen-bond acceptors (Lipinski definition) is 9. The molecule has 7 rings (SSSR count). The largest absolute Gasteiger partial charge is 0.427 e. The maximum absolute atomic E-state index is 11.9. The van der Waals surface area contributed by atoms with E-state index in [9.17, 15) is 4.79 Å². The lowest BCUT2D eigenvalue weighted by Crippen LogP contribution is -2.45. The summed E-state index contributed by atoms with van der Waals surface area (Å²) in [6, 6.07) is 12.3. The predicted molar refractivity (Wildman–Crippen MR) is 162 cm³/mol. The Bertz CT molecular complexity index is 1620. The first kappa shape index (κ1) is 28.0. The molecular formula is C31H35ClN8O3. The van der Waals surface area contributed by atoms with Crippen LogP contribution in [-0.2, 0) is 16.1 Å². The number of anilines is 1. The fraction of sp³-hybridized carbons (Fsp3) is 0.452. The Morgan fingerprint density at radius 3 is 2.60 bits per heavy atom. The number of fused-ring (bicyclic) bond motifs is 1. The Hall–Kier alpha value is -3.80. The zero-order valence-corrected chi connectivity index (χ0v) is 25.0. The molecule has 2 saturated heterocycles. The summed E-state index contributed by atoms with van der Waals surface area (Å²) in [6.45, 7) is 6.52.